The summed E-state index contributed by atoms with van der Waals surface area (Å²) in [6.07, 6.45) is 3.22. The Labute approximate surface area is 239 Å². The second-order valence-corrected chi connectivity index (χ2v) is 9.46. The molecule has 3 aromatic carbocycles. The normalized spacial score (nSPS) is 13.5. The molecule has 0 radical (unpaired) electrons. The Hall–Kier alpha value is -4.89. The first-order chi connectivity index (χ1) is 20.1. The molecule has 0 spiro atoms. The van der Waals surface area contributed by atoms with Crippen LogP contribution < -0.4 is 19.7 Å². The van der Waals surface area contributed by atoms with Crippen LogP contribution in [0.25, 0.3) is 11.1 Å². The molecule has 1 fully saturated rings. The maximum Gasteiger partial charge on any atom is 0.414 e. The number of carbonyl (C=O) groups is 1. The van der Waals surface area contributed by atoms with Gasteiger partial charge >= 0.3 is 6.09 Å². The van der Waals surface area contributed by atoms with E-state index in [1.165, 1.54) is 0 Å². The van der Waals surface area contributed by atoms with Gasteiger partial charge in [-0.05, 0) is 35.4 Å². The first kappa shape index (κ1) is 27.7. The molecule has 0 atom stereocenters. The quantitative estimate of drug-likeness (QED) is 0.192. The summed E-state index contributed by atoms with van der Waals surface area (Å²) in [6, 6.07) is 28.8. The largest absolute Gasteiger partial charge is 0.846 e. The van der Waals surface area contributed by atoms with Crippen molar-refractivity contribution in [1.82, 2.24) is 4.90 Å². The number of nitrogens with zero attached hydrogens (tertiary/aromatic N) is 3. The minimum absolute atomic E-state index is 0.0735. The summed E-state index contributed by atoms with van der Waals surface area (Å²) in [6.45, 7) is 2.75. The Morgan fingerprint density at radius 2 is 1.68 bits per heavy atom. The van der Waals surface area contributed by atoms with Gasteiger partial charge in [-0.25, -0.2) is 4.79 Å². The molecule has 1 N–H and O–H groups in total. The van der Waals surface area contributed by atoms with E-state index in [9.17, 15) is 9.90 Å². The molecule has 5 rings (SSSR count). The van der Waals surface area contributed by atoms with E-state index in [1.54, 1.807) is 21.9 Å². The summed E-state index contributed by atoms with van der Waals surface area (Å²) >= 11 is 0. The molecule has 0 aliphatic carbocycles. The van der Waals surface area contributed by atoms with Crippen LogP contribution in [0.5, 0.6) is 5.75 Å². The molecule has 1 aromatic heterocycles. The molecular formula is C32H32N4O5. The van der Waals surface area contributed by atoms with Crippen molar-refractivity contribution in [3.63, 3.8) is 0 Å². The Morgan fingerprint density at radius 3 is 2.49 bits per heavy atom. The number of ether oxygens (including phenoxy) is 3. The SMILES string of the molecule is O=C(OC[n+]1cccc(CN=C([O-])Nc2ccc(COc3ccccc3-c3ccccc3)cc2)c1)N1CCOCC1. The predicted octanol–water partition coefficient (Wildman–Crippen LogP) is 3.97. The van der Waals surface area contributed by atoms with Crippen LogP contribution in [-0.4, -0.2) is 43.3 Å². The zero-order chi connectivity index (χ0) is 28.3. The lowest BCUT2D eigenvalue weighted by atomic mass is 10.0. The number of carbonyl (C=O) groups excluding carboxylic acids is 1. The molecule has 0 bridgehead atoms. The first-order valence-electron chi connectivity index (χ1n) is 13.5. The highest BCUT2D eigenvalue weighted by Crippen LogP contribution is 2.30. The van der Waals surface area contributed by atoms with E-state index >= 15 is 0 Å². The number of pyridine rings is 1. The minimum atomic E-state index is -0.445. The molecule has 41 heavy (non-hydrogen) atoms. The third-order valence-electron chi connectivity index (χ3n) is 6.50. The number of nitrogens with one attached hydrogen (secondary N) is 1. The van der Waals surface area contributed by atoms with Crippen molar-refractivity contribution in [1.29, 1.82) is 0 Å². The van der Waals surface area contributed by atoms with Gasteiger partial charge in [0.1, 0.15) is 12.4 Å². The third-order valence-corrected chi connectivity index (χ3v) is 6.50. The van der Waals surface area contributed by atoms with E-state index in [-0.39, 0.29) is 19.4 Å². The van der Waals surface area contributed by atoms with Gasteiger partial charge in [0, 0.05) is 36.0 Å². The van der Waals surface area contributed by atoms with Crippen molar-refractivity contribution in [3.05, 3.63) is 115 Å². The smallest absolute Gasteiger partial charge is 0.414 e. The summed E-state index contributed by atoms with van der Waals surface area (Å²) < 4.78 is 18.5. The van der Waals surface area contributed by atoms with Crippen molar-refractivity contribution in [2.45, 2.75) is 19.9 Å². The van der Waals surface area contributed by atoms with Crippen LogP contribution in [0.15, 0.2) is 108 Å². The van der Waals surface area contributed by atoms with Crippen LogP contribution in [0.3, 0.4) is 0 Å². The van der Waals surface area contributed by atoms with E-state index < -0.39 is 6.02 Å². The molecular weight excluding hydrogens is 520 g/mol. The zero-order valence-electron chi connectivity index (χ0n) is 22.6. The second-order valence-electron chi connectivity index (χ2n) is 9.46. The highest BCUT2D eigenvalue weighted by Gasteiger charge is 2.19. The summed E-state index contributed by atoms with van der Waals surface area (Å²) in [4.78, 5) is 17.9. The molecule has 1 amide bonds. The lowest BCUT2D eigenvalue weighted by molar-refractivity contribution is -0.727. The fourth-order valence-corrected chi connectivity index (χ4v) is 4.34. The molecule has 0 unspecified atom stereocenters. The van der Waals surface area contributed by atoms with E-state index in [1.807, 2.05) is 78.9 Å². The molecule has 9 heteroatoms. The number of anilines is 1. The van der Waals surface area contributed by atoms with E-state index in [0.717, 1.165) is 28.0 Å². The minimum Gasteiger partial charge on any atom is -0.846 e. The van der Waals surface area contributed by atoms with Crippen molar-refractivity contribution >= 4 is 17.8 Å². The van der Waals surface area contributed by atoms with Crippen molar-refractivity contribution < 1.29 is 28.7 Å². The number of rotatable bonds is 9. The van der Waals surface area contributed by atoms with Crippen molar-refractivity contribution in [2.24, 2.45) is 4.99 Å². The van der Waals surface area contributed by atoms with Gasteiger partial charge in [0.05, 0.1) is 25.8 Å². The number of amidine groups is 1. The van der Waals surface area contributed by atoms with Crippen LogP contribution in [0, 0.1) is 0 Å². The number of hydrogen-bond donors (Lipinski definition) is 1. The van der Waals surface area contributed by atoms with Gasteiger partial charge in [-0.1, -0.05) is 60.7 Å². The van der Waals surface area contributed by atoms with E-state index in [0.29, 0.717) is 38.6 Å². The number of aromatic nitrogens is 1. The summed E-state index contributed by atoms with van der Waals surface area (Å²) in [7, 11) is 0. The van der Waals surface area contributed by atoms with Crippen LogP contribution in [0.1, 0.15) is 11.1 Å². The van der Waals surface area contributed by atoms with Gasteiger partial charge in [-0.3, -0.25) is 4.99 Å². The van der Waals surface area contributed by atoms with Crippen molar-refractivity contribution in [3.8, 4) is 16.9 Å². The molecule has 0 saturated carbocycles. The molecule has 4 aromatic rings. The lowest BCUT2D eigenvalue weighted by Crippen LogP contribution is -2.44. The predicted molar refractivity (Wildman–Crippen MR) is 153 cm³/mol. The number of hydrogen-bond acceptors (Lipinski definition) is 6. The Morgan fingerprint density at radius 1 is 0.927 bits per heavy atom. The van der Waals surface area contributed by atoms with Gasteiger partial charge < -0.3 is 29.5 Å². The number of amides is 1. The molecule has 9 nitrogen and oxygen atoms in total. The summed E-state index contributed by atoms with van der Waals surface area (Å²) in [5.74, 6) is 0.812. The summed E-state index contributed by atoms with van der Waals surface area (Å²) in [5, 5.41) is 15.2. The third kappa shape index (κ3) is 8.06. The average molecular weight is 553 g/mol. The monoisotopic (exact) mass is 552 g/mol. The number of para-hydroxylation sites is 1. The maximum atomic E-state index is 12.4. The van der Waals surface area contributed by atoms with E-state index in [4.69, 9.17) is 14.2 Å². The first-order valence-corrected chi connectivity index (χ1v) is 13.5. The fourth-order valence-electron chi connectivity index (χ4n) is 4.34. The van der Waals surface area contributed by atoms with Crippen LogP contribution >= 0.6 is 0 Å². The van der Waals surface area contributed by atoms with Crippen LogP contribution in [0.4, 0.5) is 10.5 Å². The standard InChI is InChI=1S/C32H32N4O5/c37-31(33-21-26-7-6-16-35(22-26)24-41-32(38)36-17-19-39-20-18-36)34-28-14-12-25(13-15-28)23-40-30-11-5-4-10-29(30)27-8-2-1-3-9-27/h1-16,22H,17-21,23-24H2,(H-,33,34,37). The van der Waals surface area contributed by atoms with Crippen molar-refractivity contribution in [2.75, 3.05) is 31.6 Å². The average Bonchev–Trinajstić information content (AvgIpc) is 3.03. The highest BCUT2D eigenvalue weighted by molar-refractivity contribution is 5.85. The number of benzene rings is 3. The number of morpholine rings is 1. The summed E-state index contributed by atoms with van der Waals surface area (Å²) in [5.41, 5.74) is 4.57. The Bertz CT molecular complexity index is 1450. The van der Waals surface area contributed by atoms with E-state index in [2.05, 4.69) is 22.4 Å². The van der Waals surface area contributed by atoms with Gasteiger partial charge in [0.15, 0.2) is 12.4 Å². The molecule has 1 aliphatic heterocycles. The van der Waals surface area contributed by atoms with Gasteiger partial charge in [-0.2, -0.15) is 4.57 Å². The maximum absolute atomic E-state index is 12.4. The lowest BCUT2D eigenvalue weighted by Gasteiger charge is -2.25. The highest BCUT2D eigenvalue weighted by atomic mass is 16.6. The Balaban J connectivity index is 1.10. The molecule has 2 heterocycles. The molecule has 210 valence electrons. The van der Waals surface area contributed by atoms with Gasteiger partial charge in [0.25, 0.3) is 6.73 Å². The van der Waals surface area contributed by atoms with Crippen LogP contribution in [-0.2, 0) is 29.4 Å². The Kier molecular flexibility index (Phi) is 9.42. The zero-order valence-corrected chi connectivity index (χ0v) is 22.6. The van der Waals surface area contributed by atoms with Crippen LogP contribution in [0.2, 0.25) is 0 Å². The number of aliphatic imine (C=N–C) groups is 1. The fraction of sp³-hybridized carbons (Fsp3) is 0.219. The molecule has 1 saturated heterocycles. The molecule has 1 aliphatic rings. The van der Waals surface area contributed by atoms with Gasteiger partial charge in [-0.15, -0.1) is 0 Å². The van der Waals surface area contributed by atoms with Gasteiger partial charge in [0.2, 0.25) is 0 Å². The topological polar surface area (TPSA) is 99.3 Å². The second kappa shape index (κ2) is 14.0.